The topological polar surface area (TPSA) is 61.8 Å². The van der Waals surface area contributed by atoms with Crippen molar-refractivity contribution in [3.05, 3.63) is 24.3 Å². The van der Waals surface area contributed by atoms with E-state index in [1.54, 1.807) is 0 Å². The first-order valence-corrected chi connectivity index (χ1v) is 8.33. The number of aliphatic hydroxyl groups is 1. The maximum Gasteiger partial charge on any atom is 0.226 e. The summed E-state index contributed by atoms with van der Waals surface area (Å²) in [5, 5.41) is 12.6. The Balaban J connectivity index is 1.93. The third-order valence-corrected chi connectivity index (χ3v) is 4.10. The molecule has 23 heavy (non-hydrogen) atoms. The summed E-state index contributed by atoms with van der Waals surface area (Å²) in [5.74, 6) is -0.0824. The number of hydrogen-bond acceptors (Lipinski definition) is 4. The normalized spacial score (nSPS) is 23.0. The van der Waals surface area contributed by atoms with Crippen molar-refractivity contribution in [2.75, 3.05) is 23.3 Å². The van der Waals surface area contributed by atoms with Crippen LogP contribution in [0.3, 0.4) is 0 Å². The zero-order valence-electron chi connectivity index (χ0n) is 14.5. The summed E-state index contributed by atoms with van der Waals surface area (Å²) in [6.45, 7) is 9.70. The van der Waals surface area contributed by atoms with Gasteiger partial charge in [-0.3, -0.25) is 4.79 Å². The monoisotopic (exact) mass is 320 g/mol. The van der Waals surface area contributed by atoms with E-state index in [1.807, 2.05) is 38.1 Å². The molecule has 5 nitrogen and oxygen atoms in total. The second-order valence-electron chi connectivity index (χ2n) is 6.77. The SMILES string of the molecule is CC1CN(c2ccc(NC(=O)CC(O)C(C)C)cc2)CC(C)O1. The van der Waals surface area contributed by atoms with Crippen LogP contribution in [0, 0.1) is 5.92 Å². The van der Waals surface area contributed by atoms with Crippen LogP contribution in [0.1, 0.15) is 34.1 Å². The molecule has 0 bridgehead atoms. The minimum Gasteiger partial charge on any atom is -0.392 e. The van der Waals surface area contributed by atoms with Crippen molar-refractivity contribution in [2.24, 2.45) is 5.92 Å². The predicted molar refractivity (Wildman–Crippen MR) is 92.8 cm³/mol. The molecule has 1 amide bonds. The number of nitrogens with one attached hydrogen (secondary N) is 1. The minimum atomic E-state index is -0.606. The molecule has 0 spiro atoms. The number of carbonyl (C=O) groups excluding carboxylic acids is 1. The van der Waals surface area contributed by atoms with Crippen LogP contribution in [0.2, 0.25) is 0 Å². The lowest BCUT2D eigenvalue weighted by Gasteiger charge is -2.36. The van der Waals surface area contributed by atoms with E-state index in [-0.39, 0.29) is 30.5 Å². The fourth-order valence-electron chi connectivity index (χ4n) is 2.78. The van der Waals surface area contributed by atoms with Gasteiger partial charge >= 0.3 is 0 Å². The summed E-state index contributed by atoms with van der Waals surface area (Å²) in [7, 11) is 0. The van der Waals surface area contributed by atoms with Crippen LogP contribution in [0.25, 0.3) is 0 Å². The van der Waals surface area contributed by atoms with Gasteiger partial charge in [-0.2, -0.15) is 0 Å². The molecule has 1 aromatic carbocycles. The highest BCUT2D eigenvalue weighted by Crippen LogP contribution is 2.22. The first-order valence-electron chi connectivity index (χ1n) is 8.33. The lowest BCUT2D eigenvalue weighted by molar-refractivity contribution is -0.118. The number of morpholine rings is 1. The van der Waals surface area contributed by atoms with Crippen molar-refractivity contribution in [2.45, 2.75) is 52.4 Å². The summed E-state index contributed by atoms with van der Waals surface area (Å²) < 4.78 is 5.75. The maximum atomic E-state index is 11.9. The van der Waals surface area contributed by atoms with Crippen LogP contribution in [-0.2, 0) is 9.53 Å². The Labute approximate surface area is 138 Å². The summed E-state index contributed by atoms with van der Waals surface area (Å²) in [5.41, 5.74) is 1.89. The number of rotatable bonds is 5. The molecule has 0 saturated carbocycles. The molecule has 1 fully saturated rings. The van der Waals surface area contributed by atoms with Crippen molar-refractivity contribution in [3.63, 3.8) is 0 Å². The van der Waals surface area contributed by atoms with Crippen molar-refractivity contribution >= 4 is 17.3 Å². The maximum absolute atomic E-state index is 11.9. The third-order valence-electron chi connectivity index (χ3n) is 4.10. The Bertz CT molecular complexity index is 506. The summed E-state index contributed by atoms with van der Waals surface area (Å²) >= 11 is 0. The van der Waals surface area contributed by atoms with Gasteiger partial charge in [-0.05, 0) is 44.0 Å². The standard InChI is InChI=1S/C18H28N2O3/c1-12(2)17(21)9-18(22)19-15-5-7-16(8-6-15)20-10-13(3)23-14(4)11-20/h5-8,12-14,17,21H,9-11H2,1-4H3,(H,19,22). The number of aliphatic hydroxyl groups excluding tert-OH is 1. The molecule has 0 aliphatic carbocycles. The molecule has 1 aliphatic rings. The molecule has 0 aromatic heterocycles. The molecule has 1 aliphatic heterocycles. The van der Waals surface area contributed by atoms with E-state index in [1.165, 1.54) is 0 Å². The van der Waals surface area contributed by atoms with Crippen molar-refractivity contribution < 1.29 is 14.6 Å². The largest absolute Gasteiger partial charge is 0.392 e. The molecule has 3 unspecified atom stereocenters. The van der Waals surface area contributed by atoms with Gasteiger partial charge in [0.05, 0.1) is 24.7 Å². The van der Waals surface area contributed by atoms with Gasteiger partial charge in [0.2, 0.25) is 5.91 Å². The van der Waals surface area contributed by atoms with Gasteiger partial charge in [-0.1, -0.05) is 13.8 Å². The fourth-order valence-corrected chi connectivity index (χ4v) is 2.78. The molecule has 1 aromatic rings. The van der Waals surface area contributed by atoms with E-state index in [0.29, 0.717) is 0 Å². The molecule has 1 heterocycles. The molecular formula is C18H28N2O3. The minimum absolute atomic E-state index is 0.0772. The molecule has 5 heteroatoms. The van der Waals surface area contributed by atoms with Gasteiger partial charge in [-0.15, -0.1) is 0 Å². The molecule has 3 atom stereocenters. The summed E-state index contributed by atoms with van der Waals surface area (Å²) in [4.78, 5) is 14.2. The van der Waals surface area contributed by atoms with Crippen LogP contribution >= 0.6 is 0 Å². The van der Waals surface area contributed by atoms with E-state index < -0.39 is 6.10 Å². The number of benzene rings is 1. The average Bonchev–Trinajstić information content (AvgIpc) is 2.46. The van der Waals surface area contributed by atoms with Gasteiger partial charge in [0.25, 0.3) is 0 Å². The molecule has 128 valence electrons. The molecular weight excluding hydrogens is 292 g/mol. The number of carbonyl (C=O) groups is 1. The second kappa shape index (κ2) is 7.79. The number of hydrogen-bond donors (Lipinski definition) is 2. The van der Waals surface area contributed by atoms with Gasteiger partial charge in [-0.25, -0.2) is 0 Å². The van der Waals surface area contributed by atoms with E-state index in [4.69, 9.17) is 4.74 Å². The highest BCUT2D eigenvalue weighted by atomic mass is 16.5. The molecule has 2 rings (SSSR count). The van der Waals surface area contributed by atoms with Crippen LogP contribution in [0.5, 0.6) is 0 Å². The van der Waals surface area contributed by atoms with Crippen molar-refractivity contribution in [3.8, 4) is 0 Å². The Hall–Kier alpha value is -1.59. The zero-order chi connectivity index (χ0) is 17.0. The lowest BCUT2D eigenvalue weighted by Crippen LogP contribution is -2.45. The number of nitrogens with zero attached hydrogens (tertiary/aromatic N) is 1. The first kappa shape index (κ1) is 17.8. The highest BCUT2D eigenvalue weighted by molar-refractivity contribution is 5.91. The van der Waals surface area contributed by atoms with Crippen LogP contribution in [0.15, 0.2) is 24.3 Å². The van der Waals surface area contributed by atoms with Crippen LogP contribution < -0.4 is 10.2 Å². The van der Waals surface area contributed by atoms with E-state index in [2.05, 4.69) is 24.1 Å². The highest BCUT2D eigenvalue weighted by Gasteiger charge is 2.22. The van der Waals surface area contributed by atoms with Crippen LogP contribution in [-0.4, -0.2) is 42.4 Å². The Kier molecular flexibility index (Phi) is 6.02. The second-order valence-corrected chi connectivity index (χ2v) is 6.77. The average molecular weight is 320 g/mol. The van der Waals surface area contributed by atoms with Gasteiger partial charge in [0.15, 0.2) is 0 Å². The molecule has 0 radical (unpaired) electrons. The smallest absolute Gasteiger partial charge is 0.226 e. The van der Waals surface area contributed by atoms with E-state index in [0.717, 1.165) is 24.5 Å². The van der Waals surface area contributed by atoms with Gasteiger partial charge in [0, 0.05) is 24.5 Å². The summed E-state index contributed by atoms with van der Waals surface area (Å²) in [6.07, 6.45) is -0.0466. The quantitative estimate of drug-likeness (QED) is 0.875. The fraction of sp³-hybridized carbons (Fsp3) is 0.611. The number of ether oxygens (including phenoxy) is 1. The van der Waals surface area contributed by atoms with E-state index >= 15 is 0 Å². The number of anilines is 2. The lowest BCUT2D eigenvalue weighted by atomic mass is 10.0. The zero-order valence-corrected chi connectivity index (χ0v) is 14.5. The Morgan fingerprint density at radius 1 is 1.26 bits per heavy atom. The predicted octanol–water partition coefficient (Wildman–Crippen LogP) is 2.65. The van der Waals surface area contributed by atoms with Crippen molar-refractivity contribution in [1.29, 1.82) is 0 Å². The number of amides is 1. The van der Waals surface area contributed by atoms with Crippen LogP contribution in [0.4, 0.5) is 11.4 Å². The Morgan fingerprint density at radius 3 is 2.35 bits per heavy atom. The van der Waals surface area contributed by atoms with Crippen molar-refractivity contribution in [1.82, 2.24) is 0 Å². The van der Waals surface area contributed by atoms with E-state index in [9.17, 15) is 9.90 Å². The molecule has 1 saturated heterocycles. The van der Waals surface area contributed by atoms with Gasteiger partial charge < -0.3 is 20.1 Å². The molecule has 2 N–H and O–H groups in total. The van der Waals surface area contributed by atoms with Gasteiger partial charge in [0.1, 0.15) is 0 Å². The summed E-state index contributed by atoms with van der Waals surface area (Å²) in [6, 6.07) is 7.83. The third kappa shape index (κ3) is 5.22. The first-order chi connectivity index (χ1) is 10.8. The Morgan fingerprint density at radius 2 is 1.83 bits per heavy atom.